The Hall–Kier alpha value is -1.38. The van der Waals surface area contributed by atoms with Gasteiger partial charge in [-0.15, -0.1) is 0 Å². The first kappa shape index (κ1) is 29.7. The van der Waals surface area contributed by atoms with E-state index >= 15 is 0 Å². The van der Waals surface area contributed by atoms with Gasteiger partial charge < -0.3 is 24.7 Å². The molecular weight excluding hydrogens is 476 g/mol. The predicted molar refractivity (Wildman–Crippen MR) is 124 cm³/mol. The molecule has 0 aliphatic rings. The maximum atomic E-state index is 12.4. The zero-order valence-corrected chi connectivity index (χ0v) is 22.5. The standard InChI is InChI=1S/C24H27Cl2NO5.Na/c1-3-21(32-15-14-31-2)17-12-10-16(11-13-17)6-4-9-20(24(29)30)27-23(28)22-18(25)7-5-8-19(22)26;/h4-8,10-13,20-21H,3,9,14-15H2,1-2H3,(H,27,28)(H,29,30);/q;+1/p-1/b6-4+;. The summed E-state index contributed by atoms with van der Waals surface area (Å²) >= 11 is 12.0. The van der Waals surface area contributed by atoms with Gasteiger partial charge in [0.15, 0.2) is 0 Å². The van der Waals surface area contributed by atoms with E-state index in [1.807, 2.05) is 24.3 Å². The number of hydrogen-bond acceptors (Lipinski definition) is 5. The molecule has 0 bridgehead atoms. The van der Waals surface area contributed by atoms with Gasteiger partial charge in [0.1, 0.15) is 0 Å². The van der Waals surface area contributed by atoms with Crippen molar-refractivity contribution in [1.29, 1.82) is 0 Å². The van der Waals surface area contributed by atoms with Crippen molar-refractivity contribution in [1.82, 2.24) is 5.32 Å². The molecule has 0 aliphatic heterocycles. The van der Waals surface area contributed by atoms with Crippen molar-refractivity contribution in [3.05, 3.63) is 75.3 Å². The summed E-state index contributed by atoms with van der Waals surface area (Å²) < 4.78 is 10.8. The van der Waals surface area contributed by atoms with E-state index in [2.05, 4.69) is 12.2 Å². The van der Waals surface area contributed by atoms with Crippen molar-refractivity contribution in [3.8, 4) is 0 Å². The smallest absolute Gasteiger partial charge is 0.548 e. The summed E-state index contributed by atoms with van der Waals surface area (Å²) in [5.74, 6) is -2.08. The second kappa shape index (κ2) is 15.5. The molecule has 2 atom stereocenters. The number of carboxylic acid groups (broad SMARTS) is 1. The number of hydrogen-bond donors (Lipinski definition) is 1. The fourth-order valence-corrected chi connectivity index (χ4v) is 3.61. The fraction of sp³-hybridized carbons (Fsp3) is 0.333. The Bertz CT molecular complexity index is 917. The Morgan fingerprint density at radius 1 is 1.09 bits per heavy atom. The zero-order valence-electron chi connectivity index (χ0n) is 19.0. The number of aliphatic carboxylic acids is 1. The molecule has 0 fully saturated rings. The van der Waals surface area contributed by atoms with Gasteiger partial charge in [-0.3, -0.25) is 4.79 Å². The van der Waals surface area contributed by atoms with Crippen molar-refractivity contribution in [2.24, 2.45) is 0 Å². The van der Waals surface area contributed by atoms with E-state index < -0.39 is 17.9 Å². The van der Waals surface area contributed by atoms with Crippen molar-refractivity contribution < 1.29 is 53.7 Å². The number of ether oxygens (including phenoxy) is 2. The fourth-order valence-electron chi connectivity index (χ4n) is 3.04. The van der Waals surface area contributed by atoms with Crippen molar-refractivity contribution in [3.63, 3.8) is 0 Å². The van der Waals surface area contributed by atoms with Gasteiger partial charge in [-0.25, -0.2) is 0 Å². The van der Waals surface area contributed by atoms with Crippen LogP contribution in [0, 0.1) is 0 Å². The summed E-state index contributed by atoms with van der Waals surface area (Å²) in [5.41, 5.74) is 1.97. The number of carbonyl (C=O) groups is 2. The minimum atomic E-state index is -1.40. The molecule has 0 spiro atoms. The second-order valence-corrected chi connectivity index (χ2v) is 7.82. The maximum absolute atomic E-state index is 12.4. The van der Waals surface area contributed by atoms with E-state index in [1.165, 1.54) is 12.1 Å². The molecule has 2 unspecified atom stereocenters. The average Bonchev–Trinajstić information content (AvgIpc) is 2.76. The first-order chi connectivity index (χ1) is 15.4. The van der Waals surface area contributed by atoms with Crippen LogP contribution in [-0.4, -0.2) is 38.2 Å². The third-order valence-electron chi connectivity index (χ3n) is 4.75. The minimum absolute atomic E-state index is 0. The molecule has 2 aromatic carbocycles. The van der Waals surface area contributed by atoms with Gasteiger partial charge in [0.25, 0.3) is 5.91 Å². The Kier molecular flexibility index (Phi) is 13.9. The van der Waals surface area contributed by atoms with E-state index in [4.69, 9.17) is 32.7 Å². The molecule has 0 aromatic heterocycles. The molecule has 9 heteroatoms. The molecule has 1 N–H and O–H groups in total. The van der Waals surface area contributed by atoms with E-state index in [-0.39, 0.29) is 57.7 Å². The molecule has 2 aromatic rings. The summed E-state index contributed by atoms with van der Waals surface area (Å²) in [5, 5.41) is 14.2. The molecule has 33 heavy (non-hydrogen) atoms. The summed E-state index contributed by atoms with van der Waals surface area (Å²) in [6, 6.07) is 11.2. The zero-order chi connectivity index (χ0) is 23.5. The quantitative estimate of drug-likeness (QED) is 0.347. The molecule has 2 rings (SSSR count). The van der Waals surface area contributed by atoms with Gasteiger partial charge in [-0.05, 0) is 36.1 Å². The molecule has 0 aliphatic carbocycles. The van der Waals surface area contributed by atoms with Crippen LogP contribution in [0.3, 0.4) is 0 Å². The number of benzene rings is 2. The molecule has 6 nitrogen and oxygen atoms in total. The number of amides is 1. The summed E-state index contributed by atoms with van der Waals surface area (Å²) in [4.78, 5) is 23.9. The van der Waals surface area contributed by atoms with Crippen LogP contribution in [0.15, 0.2) is 48.5 Å². The first-order valence-electron chi connectivity index (χ1n) is 10.2. The van der Waals surface area contributed by atoms with E-state index in [0.717, 1.165) is 17.5 Å². The monoisotopic (exact) mass is 501 g/mol. The topological polar surface area (TPSA) is 87.7 Å². The number of halogens is 2. The third-order valence-corrected chi connectivity index (χ3v) is 5.38. The van der Waals surface area contributed by atoms with Crippen molar-refractivity contribution in [2.75, 3.05) is 20.3 Å². The van der Waals surface area contributed by atoms with Crippen LogP contribution >= 0.6 is 23.2 Å². The van der Waals surface area contributed by atoms with Crippen LogP contribution in [0.1, 0.15) is 47.4 Å². The van der Waals surface area contributed by atoms with Crippen molar-refractivity contribution >= 4 is 41.2 Å². The van der Waals surface area contributed by atoms with E-state index in [9.17, 15) is 14.7 Å². The number of carbonyl (C=O) groups excluding carboxylic acids is 2. The molecule has 1 amide bonds. The Labute approximate surface area is 226 Å². The van der Waals surface area contributed by atoms with Gasteiger partial charge in [0, 0.05) is 7.11 Å². The number of methoxy groups -OCH3 is 1. The Balaban J connectivity index is 0.00000544. The predicted octanol–water partition coefficient (Wildman–Crippen LogP) is 1.06. The molecule has 0 radical (unpaired) electrons. The Morgan fingerprint density at radius 3 is 2.27 bits per heavy atom. The van der Waals surface area contributed by atoms with E-state index in [1.54, 1.807) is 25.3 Å². The largest absolute Gasteiger partial charge is 1.00 e. The van der Waals surface area contributed by atoms with Gasteiger partial charge in [0.05, 0.1) is 46.9 Å². The van der Waals surface area contributed by atoms with E-state index in [0.29, 0.717) is 13.2 Å². The summed E-state index contributed by atoms with van der Waals surface area (Å²) in [6.07, 6.45) is 4.30. The third kappa shape index (κ3) is 9.41. The molecule has 0 saturated carbocycles. The van der Waals surface area contributed by atoms with Crippen LogP contribution in [-0.2, 0) is 14.3 Å². The molecule has 0 heterocycles. The van der Waals surface area contributed by atoms with Crippen LogP contribution < -0.4 is 40.0 Å². The average molecular weight is 502 g/mol. The molecule has 172 valence electrons. The summed E-state index contributed by atoms with van der Waals surface area (Å²) in [7, 11) is 1.63. The van der Waals surface area contributed by atoms with Crippen molar-refractivity contribution in [2.45, 2.75) is 31.9 Å². The van der Waals surface area contributed by atoms with Crippen LogP contribution in [0.4, 0.5) is 0 Å². The molecule has 0 saturated heterocycles. The SMILES string of the molecule is CCC(OCCOC)c1ccc(/C=C/CC(NC(=O)c2c(Cl)cccc2Cl)C(=O)[O-])cc1.[Na+]. The number of carboxylic acids is 1. The minimum Gasteiger partial charge on any atom is -0.548 e. The van der Waals surface area contributed by atoms with Gasteiger partial charge in [0.2, 0.25) is 0 Å². The van der Waals surface area contributed by atoms with Crippen LogP contribution in [0.2, 0.25) is 10.0 Å². The number of nitrogens with one attached hydrogen (secondary N) is 1. The van der Waals surface area contributed by atoms with Crippen LogP contribution in [0.5, 0.6) is 0 Å². The normalized spacial score (nSPS) is 12.7. The van der Waals surface area contributed by atoms with Gasteiger partial charge in [-0.1, -0.05) is 72.6 Å². The number of rotatable bonds is 12. The van der Waals surface area contributed by atoms with Gasteiger partial charge in [-0.2, -0.15) is 0 Å². The second-order valence-electron chi connectivity index (χ2n) is 7.01. The van der Waals surface area contributed by atoms with Gasteiger partial charge >= 0.3 is 29.6 Å². The maximum Gasteiger partial charge on any atom is 1.00 e. The summed E-state index contributed by atoms with van der Waals surface area (Å²) in [6.45, 7) is 3.11. The first-order valence-corrected chi connectivity index (χ1v) is 11.0. The van der Waals surface area contributed by atoms with Crippen LogP contribution in [0.25, 0.3) is 6.08 Å². The Morgan fingerprint density at radius 2 is 1.73 bits per heavy atom. The molecular formula is C24H26Cl2NNaO5.